The summed E-state index contributed by atoms with van der Waals surface area (Å²) in [5, 5.41) is 9.66. The van der Waals surface area contributed by atoms with Gasteiger partial charge in [0.05, 0.1) is 5.36 Å². The van der Waals surface area contributed by atoms with Gasteiger partial charge >= 0.3 is 0 Å². The Morgan fingerprint density at radius 3 is 2.34 bits per heavy atom. The number of hydrogen-bond donors (Lipinski definition) is 1. The van der Waals surface area contributed by atoms with Gasteiger partial charge in [0, 0.05) is 47.4 Å². The summed E-state index contributed by atoms with van der Waals surface area (Å²) in [5.74, 6) is 0.757. The predicted molar refractivity (Wildman–Crippen MR) is 135 cm³/mol. The van der Waals surface area contributed by atoms with Crippen LogP contribution < -0.4 is 10.3 Å². The third kappa shape index (κ3) is 4.56. The van der Waals surface area contributed by atoms with Gasteiger partial charge in [0.1, 0.15) is 11.3 Å². The third-order valence-corrected chi connectivity index (χ3v) is 6.14. The maximum atomic E-state index is 8.09. The number of benzene rings is 3. The van der Waals surface area contributed by atoms with Crippen LogP contribution in [0.5, 0.6) is 0 Å². The van der Waals surface area contributed by atoms with Crippen LogP contribution >= 0.6 is 0 Å². The molecule has 0 spiro atoms. The molecule has 0 fully saturated rings. The number of aryl methyl sites for hydroxylation is 1. The van der Waals surface area contributed by atoms with Crippen LogP contribution in [0.25, 0.3) is 33.4 Å². The molecule has 2 aromatic carbocycles. The fourth-order valence-corrected chi connectivity index (χ4v) is 4.34. The van der Waals surface area contributed by atoms with E-state index in [-0.39, 0.29) is 0 Å². The number of anilines is 1. The van der Waals surface area contributed by atoms with Crippen LogP contribution in [0.4, 0.5) is 5.69 Å². The van der Waals surface area contributed by atoms with E-state index < -0.39 is 0 Å². The van der Waals surface area contributed by atoms with E-state index in [4.69, 9.17) is 9.83 Å². The van der Waals surface area contributed by atoms with Crippen molar-refractivity contribution >= 4 is 16.7 Å². The van der Waals surface area contributed by atoms with Gasteiger partial charge in [0.25, 0.3) is 0 Å². The predicted octanol–water partition coefficient (Wildman–Crippen LogP) is 6.02. The normalized spacial score (nSPS) is 11.5. The van der Waals surface area contributed by atoms with Crippen molar-refractivity contribution in [1.82, 2.24) is 4.90 Å². The summed E-state index contributed by atoms with van der Waals surface area (Å²) in [6.07, 6.45) is 2.14. The van der Waals surface area contributed by atoms with Crippen LogP contribution in [0.2, 0.25) is 0 Å². The summed E-state index contributed by atoms with van der Waals surface area (Å²) in [4.78, 5) is 4.63. The van der Waals surface area contributed by atoms with E-state index in [1.807, 2.05) is 18.2 Å². The van der Waals surface area contributed by atoms with Gasteiger partial charge in [-0.1, -0.05) is 31.2 Å². The minimum Gasteiger partial charge on any atom is -0.456 e. The SMILES string of the molecule is CCc1ccc(-c2c3ccc(=N)cc-3oc3cc(N(CC)CCCN(C)C)ccc23)cc1. The molecular weight excluding hydrogens is 394 g/mol. The Morgan fingerprint density at radius 1 is 0.875 bits per heavy atom. The Balaban J connectivity index is 1.85. The summed E-state index contributed by atoms with van der Waals surface area (Å²) in [5.41, 5.74) is 6.76. The molecule has 1 heterocycles. The highest BCUT2D eigenvalue weighted by atomic mass is 16.3. The van der Waals surface area contributed by atoms with E-state index in [9.17, 15) is 0 Å². The molecule has 2 aromatic rings. The topological polar surface area (TPSA) is 43.5 Å². The Morgan fingerprint density at radius 2 is 1.66 bits per heavy atom. The van der Waals surface area contributed by atoms with E-state index in [1.54, 1.807) is 0 Å². The highest BCUT2D eigenvalue weighted by Crippen LogP contribution is 2.40. The van der Waals surface area contributed by atoms with E-state index in [0.717, 1.165) is 54.8 Å². The van der Waals surface area contributed by atoms with Crippen LogP contribution in [0.1, 0.15) is 25.8 Å². The Hall–Kier alpha value is -3.11. The van der Waals surface area contributed by atoms with Crippen LogP contribution in [-0.2, 0) is 6.42 Å². The maximum Gasteiger partial charge on any atom is 0.137 e. The first-order chi connectivity index (χ1) is 15.5. The zero-order valence-electron chi connectivity index (χ0n) is 19.6. The highest BCUT2D eigenvalue weighted by molar-refractivity contribution is 6.02. The fraction of sp³-hybridized carbons (Fsp3) is 0.321. The van der Waals surface area contributed by atoms with E-state index in [0.29, 0.717) is 5.36 Å². The fourth-order valence-electron chi connectivity index (χ4n) is 4.34. The van der Waals surface area contributed by atoms with Crippen molar-refractivity contribution in [3.63, 3.8) is 0 Å². The van der Waals surface area contributed by atoms with Gasteiger partial charge in [-0.3, -0.25) is 0 Å². The second-order valence-corrected chi connectivity index (χ2v) is 8.66. The molecule has 0 aromatic heterocycles. The average molecular weight is 428 g/mol. The molecule has 166 valence electrons. The van der Waals surface area contributed by atoms with Gasteiger partial charge < -0.3 is 19.6 Å². The minimum atomic E-state index is 0.461. The van der Waals surface area contributed by atoms with E-state index in [2.05, 4.69) is 80.2 Å². The smallest absolute Gasteiger partial charge is 0.137 e. The van der Waals surface area contributed by atoms with Crippen molar-refractivity contribution in [2.24, 2.45) is 0 Å². The first-order valence-electron chi connectivity index (χ1n) is 11.5. The molecule has 1 aliphatic carbocycles. The van der Waals surface area contributed by atoms with E-state index >= 15 is 0 Å². The Kier molecular flexibility index (Phi) is 6.61. The third-order valence-electron chi connectivity index (χ3n) is 6.14. The summed E-state index contributed by atoms with van der Waals surface area (Å²) in [6, 6.07) is 21.1. The minimum absolute atomic E-state index is 0.461. The molecule has 1 N–H and O–H groups in total. The average Bonchev–Trinajstić information content (AvgIpc) is 2.80. The number of nitrogens with zero attached hydrogens (tertiary/aromatic N) is 2. The Bertz CT molecular complexity index is 1220. The molecule has 4 rings (SSSR count). The molecule has 0 saturated carbocycles. The van der Waals surface area contributed by atoms with Crippen LogP contribution in [0.15, 0.2) is 65.1 Å². The van der Waals surface area contributed by atoms with Crippen molar-refractivity contribution < 1.29 is 4.42 Å². The maximum absolute atomic E-state index is 8.09. The summed E-state index contributed by atoms with van der Waals surface area (Å²) < 4.78 is 6.36. The van der Waals surface area contributed by atoms with Gasteiger partial charge in [-0.25, -0.2) is 0 Å². The van der Waals surface area contributed by atoms with Crippen molar-refractivity contribution in [3.05, 3.63) is 71.6 Å². The largest absolute Gasteiger partial charge is 0.456 e. The zero-order chi connectivity index (χ0) is 22.7. The second kappa shape index (κ2) is 9.58. The molecular formula is C28H33N3O. The summed E-state index contributed by atoms with van der Waals surface area (Å²) >= 11 is 0. The lowest BCUT2D eigenvalue weighted by Gasteiger charge is -2.25. The molecule has 1 aliphatic heterocycles. The van der Waals surface area contributed by atoms with Gasteiger partial charge in [-0.15, -0.1) is 0 Å². The first-order valence-corrected chi connectivity index (χ1v) is 11.5. The number of rotatable bonds is 8. The quantitative estimate of drug-likeness (QED) is 0.349. The molecule has 0 bridgehead atoms. The molecule has 0 atom stereocenters. The van der Waals surface area contributed by atoms with Crippen molar-refractivity contribution in [1.29, 1.82) is 5.41 Å². The second-order valence-electron chi connectivity index (χ2n) is 8.66. The lowest BCUT2D eigenvalue weighted by Crippen LogP contribution is -2.26. The molecule has 0 saturated heterocycles. The van der Waals surface area contributed by atoms with Crippen molar-refractivity contribution in [2.75, 3.05) is 38.6 Å². The van der Waals surface area contributed by atoms with Gasteiger partial charge in [0.2, 0.25) is 0 Å². The molecule has 0 amide bonds. The van der Waals surface area contributed by atoms with Gasteiger partial charge in [-0.05, 0) is 75.8 Å². The molecule has 0 unspecified atom stereocenters. The molecule has 0 radical (unpaired) electrons. The van der Waals surface area contributed by atoms with Crippen LogP contribution in [0.3, 0.4) is 0 Å². The molecule has 32 heavy (non-hydrogen) atoms. The number of hydrogen-bond acceptors (Lipinski definition) is 4. The lowest BCUT2D eigenvalue weighted by molar-refractivity contribution is 0.400. The molecule has 4 nitrogen and oxygen atoms in total. The van der Waals surface area contributed by atoms with E-state index in [1.165, 1.54) is 22.4 Å². The van der Waals surface area contributed by atoms with Crippen molar-refractivity contribution in [2.45, 2.75) is 26.7 Å². The first kappa shape index (κ1) is 22.1. The van der Waals surface area contributed by atoms with Gasteiger partial charge in [0.15, 0.2) is 0 Å². The lowest BCUT2D eigenvalue weighted by atomic mass is 9.93. The Labute approximate surface area is 191 Å². The highest BCUT2D eigenvalue weighted by Gasteiger charge is 2.18. The summed E-state index contributed by atoms with van der Waals surface area (Å²) in [7, 11) is 4.23. The van der Waals surface area contributed by atoms with Gasteiger partial charge in [-0.2, -0.15) is 0 Å². The summed E-state index contributed by atoms with van der Waals surface area (Å²) in [6.45, 7) is 7.41. The standard InChI is InChI=1S/C28H33N3O/c1-5-20-8-10-21(11-9-20)28-24-14-12-22(29)18-26(24)32-27-19-23(13-15-25(27)28)31(6-2)17-7-16-30(3)4/h8-15,18-19,29H,5-7,16-17H2,1-4H3. The monoisotopic (exact) mass is 427 g/mol. The number of fused-ring (bicyclic) bond motifs is 2. The zero-order valence-corrected chi connectivity index (χ0v) is 19.6. The van der Waals surface area contributed by atoms with Crippen molar-refractivity contribution in [3.8, 4) is 22.5 Å². The van der Waals surface area contributed by atoms with Crippen LogP contribution in [0, 0.1) is 5.41 Å². The van der Waals surface area contributed by atoms with Crippen LogP contribution in [-0.4, -0.2) is 38.6 Å². The molecule has 2 aliphatic rings. The number of nitrogens with one attached hydrogen (secondary N) is 1. The molecule has 4 heteroatoms.